The van der Waals surface area contributed by atoms with Crippen LogP contribution in [-0.4, -0.2) is 14.0 Å². The summed E-state index contributed by atoms with van der Waals surface area (Å²) in [5.41, 5.74) is 6.28. The van der Waals surface area contributed by atoms with E-state index >= 15 is 0 Å². The summed E-state index contributed by atoms with van der Waals surface area (Å²) in [5.74, 6) is 0. The van der Waals surface area contributed by atoms with Crippen molar-refractivity contribution in [3.63, 3.8) is 0 Å². The third-order valence-electron chi connectivity index (χ3n) is 1.92. The molecule has 1 rings (SSSR count). The van der Waals surface area contributed by atoms with Crippen LogP contribution in [0, 0.1) is 0 Å². The Morgan fingerprint density at radius 1 is 1.24 bits per heavy atom. The fourth-order valence-electron chi connectivity index (χ4n) is 1.37. The molecule has 0 aliphatic heterocycles. The van der Waals surface area contributed by atoms with E-state index in [0.717, 1.165) is 5.56 Å². The zero-order valence-corrected chi connectivity index (χ0v) is 11.1. The van der Waals surface area contributed by atoms with Gasteiger partial charge in [0, 0.05) is 12.1 Å². The number of para-hydroxylation sites is 1. The molecule has 0 saturated heterocycles. The predicted molar refractivity (Wildman–Crippen MR) is 69.8 cm³/mol. The van der Waals surface area contributed by atoms with Gasteiger partial charge >= 0.3 is 0 Å². The van der Waals surface area contributed by atoms with E-state index in [-0.39, 0.29) is 6.54 Å². The summed E-state index contributed by atoms with van der Waals surface area (Å²) in [6, 6.07) is 7.05. The van der Waals surface area contributed by atoms with E-state index < -0.39 is 15.7 Å². The molecule has 0 saturated carbocycles. The molecule has 0 radical (unpaired) electrons. The van der Waals surface area contributed by atoms with E-state index in [0.29, 0.717) is 5.69 Å². The molecule has 0 fully saturated rings. The number of hydrogen-bond donors (Lipinski definition) is 3. The van der Waals surface area contributed by atoms with Crippen LogP contribution in [0.15, 0.2) is 24.3 Å². The van der Waals surface area contributed by atoms with Crippen LogP contribution in [0.4, 0.5) is 5.69 Å². The maximum atomic E-state index is 11.8. The first-order chi connectivity index (χ1) is 7.73. The normalized spacial score (nSPS) is 12.5. The Kier molecular flexibility index (Phi) is 4.13. The van der Waals surface area contributed by atoms with Crippen molar-refractivity contribution in [2.75, 3.05) is 4.72 Å². The molecule has 1 aromatic carbocycles. The highest BCUT2D eigenvalue weighted by molar-refractivity contribution is 7.90. The van der Waals surface area contributed by atoms with Crippen LogP contribution in [0.25, 0.3) is 0 Å². The third-order valence-corrected chi connectivity index (χ3v) is 3.29. The van der Waals surface area contributed by atoms with Gasteiger partial charge in [-0.3, -0.25) is 4.72 Å². The fourth-order valence-corrected chi connectivity index (χ4v) is 2.72. The van der Waals surface area contributed by atoms with E-state index in [1.807, 2.05) is 6.07 Å². The standard InChI is InChI=1S/C11H19N3O2S/c1-11(2,3)14-17(15,16)13-10-7-5-4-6-9(10)8-12/h4-7,13-14H,8,12H2,1-3H3. The quantitative estimate of drug-likeness (QED) is 0.757. The lowest BCUT2D eigenvalue weighted by molar-refractivity contribution is 0.494. The monoisotopic (exact) mass is 257 g/mol. The number of nitrogens with one attached hydrogen (secondary N) is 2. The van der Waals surface area contributed by atoms with Gasteiger partial charge in [0.05, 0.1) is 5.69 Å². The number of hydrogen-bond acceptors (Lipinski definition) is 3. The highest BCUT2D eigenvalue weighted by Gasteiger charge is 2.20. The summed E-state index contributed by atoms with van der Waals surface area (Å²) >= 11 is 0. The van der Waals surface area contributed by atoms with Crippen molar-refractivity contribution in [1.82, 2.24) is 4.72 Å². The fraction of sp³-hybridized carbons (Fsp3) is 0.455. The van der Waals surface area contributed by atoms with Gasteiger partial charge in [-0.25, -0.2) is 0 Å². The lowest BCUT2D eigenvalue weighted by atomic mass is 10.1. The zero-order chi connectivity index (χ0) is 13.1. The van der Waals surface area contributed by atoms with E-state index in [4.69, 9.17) is 5.73 Å². The van der Waals surface area contributed by atoms with Crippen LogP contribution in [-0.2, 0) is 16.8 Å². The average molecular weight is 257 g/mol. The Labute approximate surface area is 103 Å². The number of rotatable bonds is 4. The van der Waals surface area contributed by atoms with Gasteiger partial charge in [0.25, 0.3) is 10.2 Å². The van der Waals surface area contributed by atoms with Gasteiger partial charge in [0.2, 0.25) is 0 Å². The molecule has 6 heteroatoms. The van der Waals surface area contributed by atoms with Gasteiger partial charge in [-0.2, -0.15) is 13.1 Å². The lowest BCUT2D eigenvalue weighted by Crippen LogP contribution is -2.43. The van der Waals surface area contributed by atoms with Crippen molar-refractivity contribution >= 4 is 15.9 Å². The van der Waals surface area contributed by atoms with Gasteiger partial charge < -0.3 is 5.73 Å². The summed E-state index contributed by atoms with van der Waals surface area (Å²) < 4.78 is 28.6. The summed E-state index contributed by atoms with van der Waals surface area (Å²) in [5, 5.41) is 0. The Hall–Kier alpha value is -1.11. The van der Waals surface area contributed by atoms with Gasteiger partial charge in [-0.05, 0) is 32.4 Å². The van der Waals surface area contributed by atoms with E-state index in [1.165, 1.54) is 0 Å². The van der Waals surface area contributed by atoms with Crippen LogP contribution in [0.3, 0.4) is 0 Å². The summed E-state index contributed by atoms with van der Waals surface area (Å²) in [6.07, 6.45) is 0. The molecule has 0 unspecified atom stereocenters. The van der Waals surface area contributed by atoms with Crippen LogP contribution in [0.1, 0.15) is 26.3 Å². The van der Waals surface area contributed by atoms with Crippen molar-refractivity contribution in [1.29, 1.82) is 0 Å². The Bertz CT molecular complexity index is 478. The number of anilines is 1. The average Bonchev–Trinajstić information content (AvgIpc) is 2.14. The summed E-state index contributed by atoms with van der Waals surface area (Å²) in [4.78, 5) is 0. The first-order valence-corrected chi connectivity index (χ1v) is 6.81. The Morgan fingerprint density at radius 3 is 2.35 bits per heavy atom. The van der Waals surface area contributed by atoms with Gasteiger partial charge in [-0.1, -0.05) is 18.2 Å². The zero-order valence-electron chi connectivity index (χ0n) is 10.3. The predicted octanol–water partition coefficient (Wildman–Crippen LogP) is 1.19. The van der Waals surface area contributed by atoms with Crippen LogP contribution in [0.2, 0.25) is 0 Å². The molecular formula is C11H19N3O2S. The molecular weight excluding hydrogens is 238 g/mol. The van der Waals surface area contributed by atoms with Crippen LogP contribution < -0.4 is 15.2 Å². The molecule has 96 valence electrons. The molecule has 5 nitrogen and oxygen atoms in total. The van der Waals surface area contributed by atoms with Crippen molar-refractivity contribution in [2.24, 2.45) is 5.73 Å². The minimum absolute atomic E-state index is 0.286. The van der Waals surface area contributed by atoms with Crippen molar-refractivity contribution in [2.45, 2.75) is 32.9 Å². The van der Waals surface area contributed by atoms with Crippen molar-refractivity contribution < 1.29 is 8.42 Å². The molecule has 0 aliphatic carbocycles. The summed E-state index contributed by atoms with van der Waals surface area (Å²) in [6.45, 7) is 5.62. The second-order valence-electron chi connectivity index (χ2n) is 4.82. The van der Waals surface area contributed by atoms with Crippen molar-refractivity contribution in [3.8, 4) is 0 Å². The largest absolute Gasteiger partial charge is 0.326 e. The van der Waals surface area contributed by atoms with Gasteiger partial charge in [0.1, 0.15) is 0 Å². The molecule has 0 aliphatic rings. The van der Waals surface area contributed by atoms with E-state index in [2.05, 4.69) is 9.44 Å². The topological polar surface area (TPSA) is 84.2 Å². The van der Waals surface area contributed by atoms with Gasteiger partial charge in [0.15, 0.2) is 0 Å². The maximum absolute atomic E-state index is 11.8. The smallest absolute Gasteiger partial charge is 0.299 e. The second kappa shape index (κ2) is 5.03. The maximum Gasteiger partial charge on any atom is 0.299 e. The summed E-state index contributed by atoms with van der Waals surface area (Å²) in [7, 11) is -3.58. The molecule has 0 heterocycles. The van der Waals surface area contributed by atoms with Gasteiger partial charge in [-0.15, -0.1) is 0 Å². The third kappa shape index (κ3) is 4.72. The van der Waals surface area contributed by atoms with E-state index in [1.54, 1.807) is 39.0 Å². The lowest BCUT2D eigenvalue weighted by Gasteiger charge is -2.21. The SMILES string of the molecule is CC(C)(C)NS(=O)(=O)Nc1ccccc1CN. The van der Waals surface area contributed by atoms with Crippen LogP contribution in [0.5, 0.6) is 0 Å². The Morgan fingerprint density at radius 2 is 1.82 bits per heavy atom. The van der Waals surface area contributed by atoms with E-state index in [9.17, 15) is 8.42 Å². The van der Waals surface area contributed by atoms with Crippen molar-refractivity contribution in [3.05, 3.63) is 29.8 Å². The molecule has 0 atom stereocenters. The molecule has 4 N–H and O–H groups in total. The first-order valence-electron chi connectivity index (χ1n) is 5.33. The second-order valence-corrected chi connectivity index (χ2v) is 6.23. The molecule has 0 amide bonds. The molecule has 0 aromatic heterocycles. The highest BCUT2D eigenvalue weighted by atomic mass is 32.2. The first kappa shape index (κ1) is 14.0. The minimum Gasteiger partial charge on any atom is -0.326 e. The molecule has 17 heavy (non-hydrogen) atoms. The highest BCUT2D eigenvalue weighted by Crippen LogP contribution is 2.16. The minimum atomic E-state index is -3.58. The molecule has 0 bridgehead atoms. The number of benzene rings is 1. The molecule has 0 spiro atoms. The molecule has 1 aromatic rings. The number of nitrogens with two attached hydrogens (primary N) is 1. The Balaban J connectivity index is 2.91. The van der Waals surface area contributed by atoms with Crippen LogP contribution >= 0.6 is 0 Å².